The van der Waals surface area contributed by atoms with Gasteiger partial charge >= 0.3 is 0 Å². The Kier molecular flexibility index (Phi) is 7.45. The second kappa shape index (κ2) is 9.16. The van der Waals surface area contributed by atoms with Crippen LogP contribution in [0.15, 0.2) is 24.3 Å². The number of nitrogens with zero attached hydrogens (tertiary/aromatic N) is 2. The van der Waals surface area contributed by atoms with Crippen molar-refractivity contribution < 1.29 is 4.79 Å². The molecule has 0 spiro atoms. The topological polar surface area (TPSA) is 23.6 Å². The Balaban J connectivity index is 2.04. The van der Waals surface area contributed by atoms with Gasteiger partial charge in [0.05, 0.1) is 0 Å². The Labute approximate surface area is 164 Å². The molecule has 0 bridgehead atoms. The highest BCUT2D eigenvalue weighted by Gasteiger charge is 2.31. The first-order valence-corrected chi connectivity index (χ1v) is 11.1. The number of rotatable bonds is 7. The smallest absolute Gasteiger partial charge is 0.224 e. The Morgan fingerprint density at radius 3 is 2.38 bits per heavy atom. The monoisotopic (exact) mass is 376 g/mol. The molecule has 1 aromatic carbocycles. The van der Waals surface area contributed by atoms with Crippen LogP contribution in [0.25, 0.3) is 0 Å². The number of carbonyl (C=O) groups excluding carboxylic acids is 1. The summed E-state index contributed by atoms with van der Waals surface area (Å²) < 4.78 is 0. The van der Waals surface area contributed by atoms with E-state index < -0.39 is 0 Å². The second-order valence-electron chi connectivity index (χ2n) is 8.65. The number of amides is 1. The van der Waals surface area contributed by atoms with Gasteiger partial charge in [-0.3, -0.25) is 4.79 Å². The standard InChI is InChI=1S/C22H36N2OS/c1-7-23(8-2)19-11-9-18(10-12-19)21-24(13-14-26-21)20(25)15-17(3)16-22(4,5)6/h9-12,17,21H,7-8,13-16H2,1-6H3/t17-,21+/m0/s1. The summed E-state index contributed by atoms with van der Waals surface area (Å²) >= 11 is 1.89. The lowest BCUT2D eigenvalue weighted by Gasteiger charge is -2.28. The molecule has 3 nitrogen and oxygen atoms in total. The van der Waals surface area contributed by atoms with E-state index in [1.165, 1.54) is 11.3 Å². The van der Waals surface area contributed by atoms with Gasteiger partial charge in [-0.05, 0) is 49.3 Å². The minimum atomic E-state index is 0.176. The van der Waals surface area contributed by atoms with E-state index >= 15 is 0 Å². The molecule has 2 rings (SSSR count). The van der Waals surface area contributed by atoms with Crippen LogP contribution in [0.1, 0.15) is 65.3 Å². The van der Waals surface area contributed by atoms with Crippen LogP contribution >= 0.6 is 11.8 Å². The fourth-order valence-corrected chi connectivity index (χ4v) is 5.25. The molecule has 1 fully saturated rings. The van der Waals surface area contributed by atoms with Gasteiger partial charge in [-0.25, -0.2) is 0 Å². The quantitative estimate of drug-likeness (QED) is 0.621. The average molecular weight is 377 g/mol. The van der Waals surface area contributed by atoms with E-state index in [-0.39, 0.29) is 10.8 Å². The molecule has 0 N–H and O–H groups in total. The average Bonchev–Trinajstić information content (AvgIpc) is 3.04. The SMILES string of the molecule is CCN(CC)c1ccc([C@H]2SCCN2C(=O)C[C@H](C)CC(C)(C)C)cc1. The first-order valence-electron chi connectivity index (χ1n) is 10.0. The maximum atomic E-state index is 12.9. The van der Waals surface area contributed by atoms with Crippen LogP contribution in [0.2, 0.25) is 0 Å². The second-order valence-corrected chi connectivity index (χ2v) is 9.84. The van der Waals surface area contributed by atoms with E-state index in [2.05, 4.69) is 75.6 Å². The van der Waals surface area contributed by atoms with Crippen molar-refractivity contribution in [1.82, 2.24) is 4.90 Å². The fraction of sp³-hybridized carbons (Fsp3) is 0.682. The maximum Gasteiger partial charge on any atom is 0.224 e. The lowest BCUT2D eigenvalue weighted by Crippen LogP contribution is -2.32. The van der Waals surface area contributed by atoms with Gasteiger partial charge in [0.1, 0.15) is 5.37 Å². The van der Waals surface area contributed by atoms with Crippen molar-refractivity contribution in [3.8, 4) is 0 Å². The zero-order valence-electron chi connectivity index (χ0n) is 17.4. The van der Waals surface area contributed by atoms with Gasteiger partial charge in [-0.1, -0.05) is 39.8 Å². The number of thioether (sulfide) groups is 1. The summed E-state index contributed by atoms with van der Waals surface area (Å²) in [6, 6.07) is 8.81. The molecule has 1 saturated heterocycles. The minimum Gasteiger partial charge on any atom is -0.372 e. The van der Waals surface area contributed by atoms with Crippen molar-refractivity contribution >= 4 is 23.4 Å². The van der Waals surface area contributed by atoms with Gasteiger partial charge in [0.25, 0.3) is 0 Å². The van der Waals surface area contributed by atoms with Crippen LogP contribution in [0.3, 0.4) is 0 Å². The number of hydrogen-bond donors (Lipinski definition) is 0. The summed E-state index contributed by atoms with van der Waals surface area (Å²) in [5, 5.41) is 0.176. The zero-order chi connectivity index (χ0) is 19.3. The first-order chi connectivity index (χ1) is 12.2. The van der Waals surface area contributed by atoms with Crippen molar-refractivity contribution in [2.45, 2.75) is 59.8 Å². The van der Waals surface area contributed by atoms with Crippen LogP contribution in [-0.2, 0) is 4.79 Å². The van der Waals surface area contributed by atoms with Gasteiger partial charge in [0.15, 0.2) is 0 Å². The van der Waals surface area contributed by atoms with Gasteiger partial charge in [0, 0.05) is 37.5 Å². The predicted molar refractivity (Wildman–Crippen MR) is 115 cm³/mol. The van der Waals surface area contributed by atoms with E-state index in [9.17, 15) is 4.79 Å². The molecule has 1 aromatic rings. The van der Waals surface area contributed by atoms with Crippen molar-refractivity contribution in [3.63, 3.8) is 0 Å². The summed E-state index contributed by atoms with van der Waals surface area (Å²) in [6.07, 6.45) is 1.74. The van der Waals surface area contributed by atoms with Crippen molar-refractivity contribution in [1.29, 1.82) is 0 Å². The number of benzene rings is 1. The summed E-state index contributed by atoms with van der Waals surface area (Å²) in [5.74, 6) is 1.77. The largest absolute Gasteiger partial charge is 0.372 e. The predicted octanol–water partition coefficient (Wildman–Crippen LogP) is 5.57. The number of hydrogen-bond acceptors (Lipinski definition) is 3. The molecule has 2 atom stereocenters. The molecule has 1 aliphatic rings. The third-order valence-electron chi connectivity index (χ3n) is 5.00. The Bertz CT molecular complexity index is 575. The Hall–Kier alpha value is -1.16. The molecule has 4 heteroatoms. The van der Waals surface area contributed by atoms with Crippen LogP contribution in [0.5, 0.6) is 0 Å². The molecule has 0 aromatic heterocycles. The summed E-state index contributed by atoms with van der Waals surface area (Å²) in [5.41, 5.74) is 2.79. The maximum absolute atomic E-state index is 12.9. The molecule has 0 saturated carbocycles. The summed E-state index contributed by atoms with van der Waals surface area (Å²) in [6.45, 7) is 16.2. The van der Waals surface area contributed by atoms with Crippen molar-refractivity contribution in [2.75, 3.05) is 30.3 Å². The highest BCUT2D eigenvalue weighted by Crippen LogP contribution is 2.39. The van der Waals surface area contributed by atoms with Gasteiger partial charge in [-0.2, -0.15) is 0 Å². The number of anilines is 1. The van der Waals surface area contributed by atoms with E-state index in [1.54, 1.807) is 0 Å². The molecular formula is C22H36N2OS. The summed E-state index contributed by atoms with van der Waals surface area (Å²) in [7, 11) is 0. The molecule has 0 unspecified atom stereocenters. The Morgan fingerprint density at radius 2 is 1.85 bits per heavy atom. The molecule has 0 radical (unpaired) electrons. The minimum absolute atomic E-state index is 0.176. The van der Waals surface area contributed by atoms with Crippen LogP contribution in [-0.4, -0.2) is 36.2 Å². The fourth-order valence-electron chi connectivity index (χ4n) is 3.97. The highest BCUT2D eigenvalue weighted by molar-refractivity contribution is 7.99. The number of carbonyl (C=O) groups is 1. The van der Waals surface area contributed by atoms with Gasteiger partial charge in [0.2, 0.25) is 5.91 Å². The third-order valence-corrected chi connectivity index (χ3v) is 6.26. The van der Waals surface area contributed by atoms with Crippen LogP contribution < -0.4 is 4.90 Å². The molecule has 1 heterocycles. The van der Waals surface area contributed by atoms with E-state index in [4.69, 9.17) is 0 Å². The molecule has 1 amide bonds. The first kappa shape index (κ1) is 21.1. The molecule has 26 heavy (non-hydrogen) atoms. The third kappa shape index (κ3) is 5.67. The van der Waals surface area contributed by atoms with Gasteiger partial charge in [-0.15, -0.1) is 11.8 Å². The lowest BCUT2D eigenvalue weighted by atomic mass is 9.84. The Morgan fingerprint density at radius 1 is 1.23 bits per heavy atom. The normalized spacial score (nSPS) is 18.8. The molecule has 0 aliphatic carbocycles. The lowest BCUT2D eigenvalue weighted by molar-refractivity contribution is -0.132. The molecular weight excluding hydrogens is 340 g/mol. The van der Waals surface area contributed by atoms with Gasteiger partial charge < -0.3 is 9.80 Å². The van der Waals surface area contributed by atoms with Crippen molar-refractivity contribution in [2.24, 2.45) is 11.3 Å². The molecule has 146 valence electrons. The van der Waals surface area contributed by atoms with Crippen molar-refractivity contribution in [3.05, 3.63) is 29.8 Å². The van der Waals surface area contributed by atoms with Crippen LogP contribution in [0, 0.1) is 11.3 Å². The summed E-state index contributed by atoms with van der Waals surface area (Å²) in [4.78, 5) is 17.3. The van der Waals surface area contributed by atoms with E-state index in [0.29, 0.717) is 18.2 Å². The highest BCUT2D eigenvalue weighted by atomic mass is 32.2. The van der Waals surface area contributed by atoms with E-state index in [0.717, 1.165) is 31.8 Å². The molecule has 1 aliphatic heterocycles. The van der Waals surface area contributed by atoms with Crippen LogP contribution in [0.4, 0.5) is 5.69 Å². The van der Waals surface area contributed by atoms with E-state index in [1.807, 2.05) is 11.8 Å². The zero-order valence-corrected chi connectivity index (χ0v) is 18.2.